The number of carbonyl (C=O) groups is 1. The van der Waals surface area contributed by atoms with Crippen molar-refractivity contribution in [3.05, 3.63) is 81.3 Å². The van der Waals surface area contributed by atoms with E-state index in [1.807, 2.05) is 42.5 Å². The Balaban J connectivity index is 1.07. The van der Waals surface area contributed by atoms with Gasteiger partial charge >= 0.3 is 0 Å². The van der Waals surface area contributed by atoms with Crippen LogP contribution in [0.5, 0.6) is 0 Å². The first-order chi connectivity index (χ1) is 17.5. The Kier molecular flexibility index (Phi) is 7.67. The zero-order valence-corrected chi connectivity index (χ0v) is 21.9. The van der Waals surface area contributed by atoms with E-state index in [1.54, 1.807) is 12.1 Å². The number of rotatable bonds is 7. The maximum absolute atomic E-state index is 12.6. The van der Waals surface area contributed by atoms with E-state index in [0.717, 1.165) is 60.8 Å². The van der Waals surface area contributed by atoms with Gasteiger partial charge in [-0.05, 0) is 55.4 Å². The molecule has 0 bridgehead atoms. The highest BCUT2D eigenvalue weighted by atomic mass is 35.5. The van der Waals surface area contributed by atoms with Gasteiger partial charge in [0.2, 0.25) is 0 Å². The Hall–Kier alpha value is -2.77. The SMILES string of the molecule is O=C(NCCCN1CCN(c2cccc(Cl)c2)CC1)c1ccc(-c2nc3cc(Cl)c(Cl)cc3[nH]2)cc1. The monoisotopic (exact) mass is 541 g/mol. The predicted octanol–water partition coefficient (Wildman–Crippen LogP) is 6.13. The quantitative estimate of drug-likeness (QED) is 0.276. The lowest BCUT2D eigenvalue weighted by atomic mass is 10.1. The molecule has 1 amide bonds. The number of H-pyrrole nitrogens is 1. The molecule has 0 aliphatic carbocycles. The number of hydrogen-bond donors (Lipinski definition) is 2. The van der Waals surface area contributed by atoms with Crippen molar-refractivity contribution in [2.75, 3.05) is 44.2 Å². The van der Waals surface area contributed by atoms with E-state index in [0.29, 0.717) is 28.0 Å². The molecule has 9 heteroatoms. The molecule has 0 atom stereocenters. The molecule has 36 heavy (non-hydrogen) atoms. The standard InChI is InChI=1S/C27H26Cl3N5O/c28-20-3-1-4-21(15-20)35-13-11-34(12-14-35)10-2-9-31-27(36)19-7-5-18(6-8-19)26-32-24-16-22(29)23(30)17-25(24)33-26/h1,3-8,15-17H,2,9-14H2,(H,31,36)(H,32,33). The van der Waals surface area contributed by atoms with Crippen LogP contribution >= 0.6 is 34.8 Å². The summed E-state index contributed by atoms with van der Waals surface area (Å²) in [6.45, 7) is 5.56. The zero-order valence-electron chi connectivity index (χ0n) is 19.6. The summed E-state index contributed by atoms with van der Waals surface area (Å²) >= 11 is 18.3. The largest absolute Gasteiger partial charge is 0.369 e. The van der Waals surface area contributed by atoms with Crippen LogP contribution in [0.4, 0.5) is 5.69 Å². The number of anilines is 1. The number of piperazine rings is 1. The van der Waals surface area contributed by atoms with Crippen molar-refractivity contribution in [1.29, 1.82) is 0 Å². The first kappa shape index (κ1) is 24.9. The van der Waals surface area contributed by atoms with Gasteiger partial charge in [0.25, 0.3) is 5.91 Å². The van der Waals surface area contributed by atoms with E-state index in [1.165, 1.54) is 5.69 Å². The lowest BCUT2D eigenvalue weighted by Crippen LogP contribution is -2.47. The number of aromatic amines is 1. The fourth-order valence-electron chi connectivity index (χ4n) is 4.43. The highest BCUT2D eigenvalue weighted by Gasteiger charge is 2.17. The van der Waals surface area contributed by atoms with Crippen LogP contribution in [-0.2, 0) is 0 Å². The average molecular weight is 543 g/mol. The molecular formula is C27H26Cl3N5O. The highest BCUT2D eigenvalue weighted by molar-refractivity contribution is 6.42. The Labute approximate surface area is 225 Å². The van der Waals surface area contributed by atoms with Gasteiger partial charge in [0.05, 0.1) is 21.1 Å². The van der Waals surface area contributed by atoms with Crippen LogP contribution in [0.2, 0.25) is 15.1 Å². The van der Waals surface area contributed by atoms with E-state index in [-0.39, 0.29) is 5.91 Å². The van der Waals surface area contributed by atoms with Crippen LogP contribution < -0.4 is 10.2 Å². The van der Waals surface area contributed by atoms with Gasteiger partial charge in [0.15, 0.2) is 0 Å². The van der Waals surface area contributed by atoms with Gasteiger partial charge in [-0.3, -0.25) is 9.69 Å². The van der Waals surface area contributed by atoms with Crippen molar-refractivity contribution >= 4 is 57.4 Å². The molecule has 1 fully saturated rings. The number of fused-ring (bicyclic) bond motifs is 1. The molecule has 2 heterocycles. The normalized spacial score (nSPS) is 14.4. The van der Waals surface area contributed by atoms with Crippen LogP contribution in [0.3, 0.4) is 0 Å². The molecule has 3 aromatic carbocycles. The second kappa shape index (κ2) is 11.1. The number of nitrogens with one attached hydrogen (secondary N) is 2. The van der Waals surface area contributed by atoms with Crippen LogP contribution in [0.15, 0.2) is 60.7 Å². The van der Waals surface area contributed by atoms with Gasteiger partial charge < -0.3 is 15.2 Å². The van der Waals surface area contributed by atoms with E-state index in [4.69, 9.17) is 34.8 Å². The predicted molar refractivity (Wildman–Crippen MR) is 149 cm³/mol. The van der Waals surface area contributed by atoms with Crippen molar-refractivity contribution in [3.8, 4) is 11.4 Å². The summed E-state index contributed by atoms with van der Waals surface area (Å²) in [5.74, 6) is 0.626. The Morgan fingerprint density at radius 2 is 1.69 bits per heavy atom. The first-order valence-electron chi connectivity index (χ1n) is 11.9. The number of amides is 1. The third-order valence-corrected chi connectivity index (χ3v) is 7.38. The Morgan fingerprint density at radius 1 is 0.944 bits per heavy atom. The van der Waals surface area contributed by atoms with Gasteiger partial charge in [-0.1, -0.05) is 53.0 Å². The summed E-state index contributed by atoms with van der Waals surface area (Å²) in [6.07, 6.45) is 0.908. The number of halogens is 3. The molecule has 1 aliphatic heterocycles. The number of carbonyl (C=O) groups excluding carboxylic acids is 1. The third kappa shape index (κ3) is 5.79. The molecule has 0 spiro atoms. The number of nitrogens with zero attached hydrogens (tertiary/aromatic N) is 3. The molecule has 4 aromatic rings. The van der Waals surface area contributed by atoms with Crippen molar-refractivity contribution in [2.24, 2.45) is 0 Å². The lowest BCUT2D eigenvalue weighted by molar-refractivity contribution is 0.0951. The minimum atomic E-state index is -0.0736. The van der Waals surface area contributed by atoms with Gasteiger partial charge in [-0.25, -0.2) is 4.98 Å². The number of hydrogen-bond acceptors (Lipinski definition) is 4. The molecule has 5 rings (SSSR count). The number of aromatic nitrogens is 2. The van der Waals surface area contributed by atoms with Gasteiger partial charge in [0.1, 0.15) is 5.82 Å². The molecule has 2 N–H and O–H groups in total. The van der Waals surface area contributed by atoms with Gasteiger partial charge in [-0.2, -0.15) is 0 Å². The van der Waals surface area contributed by atoms with E-state index >= 15 is 0 Å². The molecule has 1 aliphatic rings. The highest BCUT2D eigenvalue weighted by Crippen LogP contribution is 2.29. The molecule has 1 saturated heterocycles. The summed E-state index contributed by atoms with van der Waals surface area (Å²) in [5, 5.41) is 4.74. The fraction of sp³-hybridized carbons (Fsp3) is 0.259. The van der Waals surface area contributed by atoms with E-state index in [9.17, 15) is 4.79 Å². The lowest BCUT2D eigenvalue weighted by Gasteiger charge is -2.36. The molecular weight excluding hydrogens is 517 g/mol. The molecule has 186 valence electrons. The third-order valence-electron chi connectivity index (χ3n) is 6.43. The second-order valence-corrected chi connectivity index (χ2v) is 10.1. The Morgan fingerprint density at radius 3 is 2.44 bits per heavy atom. The smallest absolute Gasteiger partial charge is 0.251 e. The minimum absolute atomic E-state index is 0.0736. The van der Waals surface area contributed by atoms with Crippen LogP contribution in [-0.4, -0.2) is 60.0 Å². The van der Waals surface area contributed by atoms with E-state index in [2.05, 4.69) is 31.2 Å². The topological polar surface area (TPSA) is 64.3 Å². The van der Waals surface area contributed by atoms with Gasteiger partial charge in [0, 0.05) is 54.6 Å². The maximum Gasteiger partial charge on any atom is 0.251 e. The summed E-state index contributed by atoms with van der Waals surface area (Å²) in [4.78, 5) is 25.2. The van der Waals surface area contributed by atoms with Crippen molar-refractivity contribution in [1.82, 2.24) is 20.2 Å². The van der Waals surface area contributed by atoms with Crippen molar-refractivity contribution < 1.29 is 4.79 Å². The van der Waals surface area contributed by atoms with Crippen molar-refractivity contribution in [2.45, 2.75) is 6.42 Å². The van der Waals surface area contributed by atoms with Crippen LogP contribution in [0.25, 0.3) is 22.4 Å². The fourth-order valence-corrected chi connectivity index (χ4v) is 4.94. The second-order valence-electron chi connectivity index (χ2n) is 8.86. The summed E-state index contributed by atoms with van der Waals surface area (Å²) in [5.41, 5.74) is 4.23. The summed E-state index contributed by atoms with van der Waals surface area (Å²) in [6, 6.07) is 18.9. The van der Waals surface area contributed by atoms with Crippen LogP contribution in [0.1, 0.15) is 16.8 Å². The number of imidazole rings is 1. The summed E-state index contributed by atoms with van der Waals surface area (Å²) in [7, 11) is 0. The minimum Gasteiger partial charge on any atom is -0.369 e. The number of benzene rings is 3. The molecule has 0 saturated carbocycles. The Bertz CT molecular complexity index is 1320. The maximum atomic E-state index is 12.6. The molecule has 6 nitrogen and oxygen atoms in total. The van der Waals surface area contributed by atoms with Crippen molar-refractivity contribution in [3.63, 3.8) is 0 Å². The van der Waals surface area contributed by atoms with Crippen LogP contribution in [0, 0.1) is 0 Å². The molecule has 1 aromatic heterocycles. The van der Waals surface area contributed by atoms with Gasteiger partial charge in [-0.15, -0.1) is 0 Å². The zero-order chi connectivity index (χ0) is 25.1. The molecule has 0 radical (unpaired) electrons. The molecule has 0 unspecified atom stereocenters. The average Bonchev–Trinajstić information content (AvgIpc) is 3.30. The van der Waals surface area contributed by atoms with E-state index < -0.39 is 0 Å². The summed E-state index contributed by atoms with van der Waals surface area (Å²) < 4.78 is 0. The first-order valence-corrected chi connectivity index (χ1v) is 13.1.